The van der Waals surface area contributed by atoms with E-state index in [4.69, 9.17) is 9.72 Å². The van der Waals surface area contributed by atoms with E-state index in [-0.39, 0.29) is 5.56 Å². The first-order valence-corrected chi connectivity index (χ1v) is 13.2. The third-order valence-corrected chi connectivity index (χ3v) is 8.23. The number of aryl methyl sites for hydroxylation is 1. The van der Waals surface area contributed by atoms with Crippen LogP contribution in [0.15, 0.2) is 41.5 Å². The maximum absolute atomic E-state index is 12.9. The van der Waals surface area contributed by atoms with Crippen molar-refractivity contribution in [3.63, 3.8) is 0 Å². The lowest BCUT2D eigenvalue weighted by atomic mass is 9.81. The van der Waals surface area contributed by atoms with Gasteiger partial charge in [0.15, 0.2) is 0 Å². The van der Waals surface area contributed by atoms with Crippen LogP contribution in [0.1, 0.15) is 50.0 Å². The Bertz CT molecular complexity index is 1230. The van der Waals surface area contributed by atoms with Crippen LogP contribution in [-0.4, -0.2) is 64.9 Å². The third-order valence-electron chi connectivity index (χ3n) is 8.23. The summed E-state index contributed by atoms with van der Waals surface area (Å²) < 4.78 is 7.08. The predicted molar refractivity (Wildman–Crippen MR) is 139 cm³/mol. The first kappa shape index (κ1) is 22.7. The highest BCUT2D eigenvalue weighted by Crippen LogP contribution is 2.36. The normalized spacial score (nSPS) is 23.7. The zero-order valence-corrected chi connectivity index (χ0v) is 20.7. The summed E-state index contributed by atoms with van der Waals surface area (Å²) in [4.78, 5) is 27.4. The maximum atomic E-state index is 12.9. The molecule has 2 aromatic heterocycles. The van der Waals surface area contributed by atoms with Gasteiger partial charge in [-0.3, -0.25) is 9.69 Å². The van der Waals surface area contributed by atoms with Crippen molar-refractivity contribution < 1.29 is 4.74 Å². The Balaban J connectivity index is 1.24. The van der Waals surface area contributed by atoms with Crippen molar-refractivity contribution in [1.82, 2.24) is 19.4 Å². The fraction of sp³-hybridized carbons (Fsp3) is 0.536. The van der Waals surface area contributed by atoms with Gasteiger partial charge in [0.05, 0.1) is 30.8 Å². The Labute approximate surface area is 206 Å². The van der Waals surface area contributed by atoms with E-state index in [0.717, 1.165) is 80.9 Å². The molecule has 0 radical (unpaired) electrons. The second kappa shape index (κ2) is 9.70. The van der Waals surface area contributed by atoms with Crippen LogP contribution < -0.4 is 10.5 Å². The zero-order chi connectivity index (χ0) is 23.8. The van der Waals surface area contributed by atoms with Gasteiger partial charge >= 0.3 is 0 Å². The summed E-state index contributed by atoms with van der Waals surface area (Å²) in [6, 6.07) is 11.7. The van der Waals surface area contributed by atoms with Crippen LogP contribution in [0, 0.1) is 0 Å². The number of hydrogen-bond donors (Lipinski definition) is 0. The van der Waals surface area contributed by atoms with E-state index in [0.29, 0.717) is 11.3 Å². The molecule has 2 aliphatic heterocycles. The molecule has 7 heteroatoms. The van der Waals surface area contributed by atoms with Crippen LogP contribution in [0.3, 0.4) is 0 Å². The number of rotatable bonds is 4. The Hall–Kier alpha value is -2.77. The van der Waals surface area contributed by atoms with E-state index in [1.54, 1.807) is 17.9 Å². The minimum Gasteiger partial charge on any atom is -0.379 e. The third kappa shape index (κ3) is 4.47. The summed E-state index contributed by atoms with van der Waals surface area (Å²) in [6.45, 7) is 5.82. The lowest BCUT2D eigenvalue weighted by molar-refractivity contribution is 0.00730. The van der Waals surface area contributed by atoms with Crippen LogP contribution in [0.2, 0.25) is 0 Å². The SMILES string of the molecule is Cn1cnc2cc(-c3ccc(C4CCC(N5CCOCC5)CC4)cc3)nc(N3CCCC3)c2c1=O. The molecule has 1 aliphatic carbocycles. The number of ether oxygens (including phenoxy) is 1. The van der Waals surface area contributed by atoms with Crippen LogP contribution in [0.25, 0.3) is 22.2 Å². The Morgan fingerprint density at radius 1 is 0.943 bits per heavy atom. The summed E-state index contributed by atoms with van der Waals surface area (Å²) in [6.07, 6.45) is 8.94. The molecular weight excluding hydrogens is 438 g/mol. The van der Waals surface area contributed by atoms with Crippen LogP contribution in [0.5, 0.6) is 0 Å². The van der Waals surface area contributed by atoms with E-state index in [1.807, 2.05) is 6.07 Å². The molecule has 4 heterocycles. The van der Waals surface area contributed by atoms with Gasteiger partial charge in [-0.15, -0.1) is 0 Å². The number of fused-ring (bicyclic) bond motifs is 1. The van der Waals surface area contributed by atoms with Crippen LogP contribution >= 0.6 is 0 Å². The second-order valence-electron chi connectivity index (χ2n) is 10.4. The summed E-state index contributed by atoms with van der Waals surface area (Å²) >= 11 is 0. The van der Waals surface area contributed by atoms with Gasteiger partial charge in [0, 0.05) is 44.8 Å². The van der Waals surface area contributed by atoms with Gasteiger partial charge in [-0.05, 0) is 56.1 Å². The number of morpholine rings is 1. The van der Waals surface area contributed by atoms with Gasteiger partial charge in [0.1, 0.15) is 11.2 Å². The maximum Gasteiger partial charge on any atom is 0.264 e. The van der Waals surface area contributed by atoms with Gasteiger partial charge < -0.3 is 14.2 Å². The molecule has 2 saturated heterocycles. The molecule has 35 heavy (non-hydrogen) atoms. The highest BCUT2D eigenvalue weighted by atomic mass is 16.5. The minimum atomic E-state index is -0.0287. The van der Waals surface area contributed by atoms with Crippen molar-refractivity contribution in [1.29, 1.82) is 0 Å². The van der Waals surface area contributed by atoms with Crippen molar-refractivity contribution in [3.05, 3.63) is 52.6 Å². The molecule has 0 atom stereocenters. The summed E-state index contributed by atoms with van der Waals surface area (Å²) in [5, 5.41) is 0.634. The number of hydrogen-bond acceptors (Lipinski definition) is 6. The minimum absolute atomic E-state index is 0.0287. The molecule has 1 saturated carbocycles. The Kier molecular flexibility index (Phi) is 6.29. The molecule has 0 amide bonds. The van der Waals surface area contributed by atoms with Crippen molar-refractivity contribution in [2.24, 2.45) is 7.05 Å². The average Bonchev–Trinajstić information content (AvgIpc) is 3.46. The molecule has 7 nitrogen and oxygen atoms in total. The monoisotopic (exact) mass is 473 g/mol. The van der Waals surface area contributed by atoms with E-state index >= 15 is 0 Å². The van der Waals surface area contributed by atoms with E-state index in [9.17, 15) is 4.79 Å². The molecule has 0 unspecified atom stereocenters. The van der Waals surface area contributed by atoms with Gasteiger partial charge in [-0.25, -0.2) is 9.97 Å². The quantitative estimate of drug-likeness (QED) is 0.572. The highest BCUT2D eigenvalue weighted by molar-refractivity contribution is 5.91. The fourth-order valence-corrected chi connectivity index (χ4v) is 6.15. The molecule has 0 bridgehead atoms. The van der Waals surface area contributed by atoms with Crippen LogP contribution in [0.4, 0.5) is 5.82 Å². The van der Waals surface area contributed by atoms with E-state index in [1.165, 1.54) is 31.2 Å². The number of nitrogens with zero attached hydrogens (tertiary/aromatic N) is 5. The Morgan fingerprint density at radius 2 is 1.66 bits per heavy atom. The summed E-state index contributed by atoms with van der Waals surface area (Å²) in [5.74, 6) is 1.42. The van der Waals surface area contributed by atoms with E-state index in [2.05, 4.69) is 39.0 Å². The predicted octanol–water partition coefficient (Wildman–Crippen LogP) is 3.95. The fourth-order valence-electron chi connectivity index (χ4n) is 6.15. The van der Waals surface area contributed by atoms with Crippen molar-refractivity contribution in [3.8, 4) is 11.3 Å². The number of pyridine rings is 1. The topological polar surface area (TPSA) is 63.5 Å². The molecular formula is C28H35N5O2. The largest absolute Gasteiger partial charge is 0.379 e. The number of benzene rings is 1. The summed E-state index contributed by atoms with van der Waals surface area (Å²) in [7, 11) is 1.75. The second-order valence-corrected chi connectivity index (χ2v) is 10.4. The highest BCUT2D eigenvalue weighted by Gasteiger charge is 2.28. The first-order valence-electron chi connectivity index (χ1n) is 13.2. The zero-order valence-electron chi connectivity index (χ0n) is 20.7. The van der Waals surface area contributed by atoms with E-state index < -0.39 is 0 Å². The standard InChI is InChI=1S/C28H35N5O2/c1-31-19-29-25-18-24(30-27(26(25)28(31)34)33-12-2-3-13-33)22-6-4-20(5-7-22)21-8-10-23(11-9-21)32-14-16-35-17-15-32/h4-7,18-19,21,23H,2-3,8-17H2,1H3. The molecule has 184 valence electrons. The number of aromatic nitrogens is 3. The summed E-state index contributed by atoms with van der Waals surface area (Å²) in [5.41, 5.74) is 4.11. The molecule has 3 aromatic rings. The molecule has 3 aliphatic rings. The molecule has 6 rings (SSSR count). The van der Waals surface area contributed by atoms with Gasteiger partial charge in [0.25, 0.3) is 5.56 Å². The lowest BCUT2D eigenvalue weighted by Gasteiger charge is -2.38. The van der Waals surface area contributed by atoms with Crippen molar-refractivity contribution >= 4 is 16.7 Å². The number of anilines is 1. The molecule has 0 N–H and O–H groups in total. The van der Waals surface area contributed by atoms with Crippen molar-refractivity contribution in [2.45, 2.75) is 50.5 Å². The van der Waals surface area contributed by atoms with Gasteiger partial charge in [0.2, 0.25) is 0 Å². The smallest absolute Gasteiger partial charge is 0.264 e. The molecule has 3 fully saturated rings. The molecule has 1 aromatic carbocycles. The first-order chi connectivity index (χ1) is 17.2. The van der Waals surface area contributed by atoms with Crippen LogP contribution in [-0.2, 0) is 11.8 Å². The Morgan fingerprint density at radius 3 is 2.37 bits per heavy atom. The molecule has 0 spiro atoms. The lowest BCUT2D eigenvalue weighted by Crippen LogP contribution is -2.44. The van der Waals surface area contributed by atoms with Gasteiger partial charge in [-0.2, -0.15) is 0 Å². The average molecular weight is 474 g/mol. The van der Waals surface area contributed by atoms with Crippen molar-refractivity contribution in [2.75, 3.05) is 44.3 Å². The van der Waals surface area contributed by atoms with Gasteiger partial charge in [-0.1, -0.05) is 24.3 Å².